The summed E-state index contributed by atoms with van der Waals surface area (Å²) in [4.78, 5) is 11.9. The van der Waals surface area contributed by atoms with E-state index < -0.39 is 12.4 Å². The van der Waals surface area contributed by atoms with Crippen molar-refractivity contribution in [2.75, 3.05) is 30.0 Å². The van der Waals surface area contributed by atoms with E-state index in [2.05, 4.69) is 11.9 Å². The van der Waals surface area contributed by atoms with Crippen LogP contribution in [0.4, 0.5) is 10.5 Å². The molecule has 0 bridgehead atoms. The fraction of sp³-hybridized carbons (Fsp3) is 0.375. The highest BCUT2D eigenvalue weighted by atomic mass is 32.2. The third-order valence-electron chi connectivity index (χ3n) is 4.89. The van der Waals surface area contributed by atoms with Crippen molar-refractivity contribution in [1.29, 1.82) is 0 Å². The third kappa shape index (κ3) is 7.08. The topological polar surface area (TPSA) is 97.3 Å². The second-order valence-electron chi connectivity index (χ2n) is 7.29. The molecular formula is C24H29NO6S. The maximum absolute atomic E-state index is 11.9. The fourth-order valence-corrected chi connectivity index (χ4v) is 4.13. The molecule has 0 radical (unpaired) electrons. The van der Waals surface area contributed by atoms with E-state index in [1.54, 1.807) is 23.9 Å². The molecule has 1 saturated heterocycles. The summed E-state index contributed by atoms with van der Waals surface area (Å²) in [6.45, 7) is 3.77. The minimum Gasteiger partial charge on any atom is -0.445 e. The molecule has 0 aliphatic carbocycles. The van der Waals surface area contributed by atoms with Gasteiger partial charge >= 0.3 is 6.09 Å². The summed E-state index contributed by atoms with van der Waals surface area (Å²) in [7, 11) is 0. The summed E-state index contributed by atoms with van der Waals surface area (Å²) in [6, 6.07) is 15.0. The lowest BCUT2D eigenvalue weighted by atomic mass is 10.0. The van der Waals surface area contributed by atoms with Crippen LogP contribution in [0.3, 0.4) is 0 Å². The molecule has 0 unspecified atom stereocenters. The zero-order chi connectivity index (χ0) is 22.8. The van der Waals surface area contributed by atoms with Crippen LogP contribution in [0.2, 0.25) is 0 Å². The maximum Gasteiger partial charge on any atom is 0.411 e. The van der Waals surface area contributed by atoms with Gasteiger partial charge in [-0.1, -0.05) is 49.1 Å². The SMILES string of the molecule is C=CCOC(=O)Nc1cccc([C@H]2O[C@@H](CSCCO)C[C@@H](c3ccc(CO)cc3)O2)c1. The van der Waals surface area contributed by atoms with Gasteiger partial charge in [0.25, 0.3) is 0 Å². The average molecular weight is 460 g/mol. The normalized spacial score (nSPS) is 20.5. The van der Waals surface area contributed by atoms with E-state index in [0.717, 1.165) is 22.4 Å². The number of ether oxygens (including phenoxy) is 3. The minimum absolute atomic E-state index is 0.00695. The quantitative estimate of drug-likeness (QED) is 0.362. The van der Waals surface area contributed by atoms with Crippen molar-refractivity contribution in [3.8, 4) is 0 Å². The summed E-state index contributed by atoms with van der Waals surface area (Å²) >= 11 is 1.63. The van der Waals surface area contributed by atoms with Gasteiger partial charge in [0.2, 0.25) is 0 Å². The number of carbonyl (C=O) groups excluding carboxylic acids is 1. The minimum atomic E-state index is -0.614. The third-order valence-corrected chi connectivity index (χ3v) is 5.97. The predicted octanol–water partition coefficient (Wildman–Crippen LogP) is 4.18. The van der Waals surface area contributed by atoms with Gasteiger partial charge in [-0.15, -0.1) is 0 Å². The van der Waals surface area contributed by atoms with Crippen LogP contribution in [-0.4, -0.2) is 47.1 Å². The highest BCUT2D eigenvalue weighted by Gasteiger charge is 2.32. The number of hydrogen-bond acceptors (Lipinski definition) is 7. The van der Waals surface area contributed by atoms with Crippen molar-refractivity contribution in [1.82, 2.24) is 0 Å². The molecule has 1 heterocycles. The van der Waals surface area contributed by atoms with Gasteiger partial charge in [-0.2, -0.15) is 11.8 Å². The van der Waals surface area contributed by atoms with E-state index in [1.165, 1.54) is 6.08 Å². The summed E-state index contributed by atoms with van der Waals surface area (Å²) in [5.41, 5.74) is 3.20. The molecule has 3 rings (SSSR count). The van der Waals surface area contributed by atoms with Crippen molar-refractivity contribution < 1.29 is 29.2 Å². The first-order chi connectivity index (χ1) is 15.6. The van der Waals surface area contributed by atoms with Crippen molar-refractivity contribution >= 4 is 23.5 Å². The van der Waals surface area contributed by atoms with E-state index in [-0.39, 0.29) is 32.0 Å². The summed E-state index contributed by atoms with van der Waals surface area (Å²) < 4.78 is 17.5. The Labute approximate surface area is 192 Å². The highest BCUT2D eigenvalue weighted by molar-refractivity contribution is 7.99. The Kier molecular flexibility index (Phi) is 9.58. The molecule has 1 aliphatic rings. The Morgan fingerprint density at radius 1 is 1.19 bits per heavy atom. The second kappa shape index (κ2) is 12.6. The number of rotatable bonds is 10. The number of benzene rings is 2. The molecule has 172 valence electrons. The molecule has 32 heavy (non-hydrogen) atoms. The van der Waals surface area contributed by atoms with Gasteiger partial charge in [0.05, 0.1) is 25.4 Å². The fourth-order valence-electron chi connectivity index (χ4n) is 3.35. The van der Waals surface area contributed by atoms with Gasteiger partial charge in [0.1, 0.15) is 6.61 Å². The van der Waals surface area contributed by atoms with Crippen molar-refractivity contribution in [3.05, 3.63) is 77.9 Å². The number of anilines is 1. The highest BCUT2D eigenvalue weighted by Crippen LogP contribution is 2.39. The molecule has 2 aromatic carbocycles. The lowest BCUT2D eigenvalue weighted by Crippen LogP contribution is -2.31. The molecule has 7 nitrogen and oxygen atoms in total. The number of amides is 1. The number of aliphatic hydroxyl groups excluding tert-OH is 2. The Balaban J connectivity index is 1.76. The molecule has 0 saturated carbocycles. The molecule has 3 atom stereocenters. The first-order valence-electron chi connectivity index (χ1n) is 10.5. The first-order valence-corrected chi connectivity index (χ1v) is 11.6. The number of hydrogen-bond donors (Lipinski definition) is 3. The number of thioether (sulfide) groups is 1. The summed E-state index contributed by atoms with van der Waals surface area (Å²) in [6.07, 6.45) is 0.753. The Morgan fingerprint density at radius 3 is 2.72 bits per heavy atom. The lowest BCUT2D eigenvalue weighted by Gasteiger charge is -2.36. The van der Waals surface area contributed by atoms with E-state index in [0.29, 0.717) is 17.9 Å². The van der Waals surface area contributed by atoms with Crippen LogP contribution in [0, 0.1) is 0 Å². The Bertz CT molecular complexity index is 875. The zero-order valence-electron chi connectivity index (χ0n) is 17.8. The maximum atomic E-state index is 11.9. The average Bonchev–Trinajstić information content (AvgIpc) is 2.83. The molecule has 2 aromatic rings. The monoisotopic (exact) mass is 459 g/mol. The first kappa shape index (κ1) is 24.3. The van der Waals surface area contributed by atoms with Gasteiger partial charge in [-0.25, -0.2) is 4.79 Å². The lowest BCUT2D eigenvalue weighted by molar-refractivity contribution is -0.245. The van der Waals surface area contributed by atoms with Gasteiger partial charge in [0.15, 0.2) is 6.29 Å². The van der Waals surface area contributed by atoms with Crippen LogP contribution in [0.1, 0.15) is 35.5 Å². The van der Waals surface area contributed by atoms with Crippen molar-refractivity contribution in [2.24, 2.45) is 0 Å². The predicted molar refractivity (Wildman–Crippen MR) is 124 cm³/mol. The summed E-state index contributed by atoms with van der Waals surface area (Å²) in [5, 5.41) is 21.1. The van der Waals surface area contributed by atoms with Crippen LogP contribution in [0.5, 0.6) is 0 Å². The molecule has 3 N–H and O–H groups in total. The smallest absolute Gasteiger partial charge is 0.411 e. The van der Waals surface area contributed by atoms with Crippen LogP contribution in [0.15, 0.2) is 61.2 Å². The van der Waals surface area contributed by atoms with E-state index in [4.69, 9.17) is 19.3 Å². The van der Waals surface area contributed by atoms with Crippen molar-refractivity contribution in [2.45, 2.75) is 31.5 Å². The second-order valence-corrected chi connectivity index (χ2v) is 8.44. The molecular weight excluding hydrogens is 430 g/mol. The molecule has 0 spiro atoms. The Hall–Kier alpha value is -2.36. The van der Waals surface area contributed by atoms with Gasteiger partial charge in [-0.3, -0.25) is 5.32 Å². The summed E-state index contributed by atoms with van der Waals surface area (Å²) in [5.74, 6) is 1.38. The molecule has 1 aliphatic heterocycles. The number of nitrogens with one attached hydrogen (secondary N) is 1. The molecule has 1 fully saturated rings. The van der Waals surface area contributed by atoms with Crippen LogP contribution >= 0.6 is 11.8 Å². The van der Waals surface area contributed by atoms with Gasteiger partial charge in [0, 0.05) is 29.2 Å². The molecule has 1 amide bonds. The number of carbonyl (C=O) groups is 1. The van der Waals surface area contributed by atoms with Gasteiger partial charge in [-0.05, 0) is 23.3 Å². The zero-order valence-corrected chi connectivity index (χ0v) is 18.6. The van der Waals surface area contributed by atoms with Crippen LogP contribution < -0.4 is 5.32 Å². The van der Waals surface area contributed by atoms with Crippen molar-refractivity contribution in [3.63, 3.8) is 0 Å². The van der Waals surface area contributed by atoms with Crippen LogP contribution in [0.25, 0.3) is 0 Å². The molecule has 0 aromatic heterocycles. The van der Waals surface area contributed by atoms with Gasteiger partial charge < -0.3 is 24.4 Å². The standard InChI is InChI=1S/C24H29NO6S/c1-2-11-29-24(28)25-20-5-3-4-19(13-20)23-30-21(16-32-12-10-26)14-22(31-23)18-8-6-17(15-27)7-9-18/h2-9,13,21-23,26-27H,1,10-12,14-16H2,(H,25,28)/t21-,22+,23+/m1/s1. The van der Waals surface area contributed by atoms with E-state index in [1.807, 2.05) is 36.4 Å². The largest absolute Gasteiger partial charge is 0.445 e. The van der Waals surface area contributed by atoms with Crippen LogP contribution in [-0.2, 0) is 20.8 Å². The van der Waals surface area contributed by atoms with E-state index in [9.17, 15) is 9.90 Å². The Morgan fingerprint density at radius 2 is 2.00 bits per heavy atom. The van der Waals surface area contributed by atoms with E-state index >= 15 is 0 Å². The number of aliphatic hydroxyl groups is 2. The molecule has 8 heteroatoms.